The van der Waals surface area contributed by atoms with Crippen LogP contribution in [0.4, 0.5) is 0 Å². The molecule has 0 aliphatic carbocycles. The lowest BCUT2D eigenvalue weighted by atomic mass is 9.96. The van der Waals surface area contributed by atoms with Crippen LogP contribution in [0.3, 0.4) is 0 Å². The van der Waals surface area contributed by atoms with Gasteiger partial charge in [0.2, 0.25) is 5.91 Å². The average molecular weight is 296 g/mol. The maximum absolute atomic E-state index is 12.1. The van der Waals surface area contributed by atoms with Crippen LogP contribution in [0, 0.1) is 5.92 Å². The molecule has 1 unspecified atom stereocenters. The number of nitrogens with two attached hydrogens (primary N) is 1. The summed E-state index contributed by atoms with van der Waals surface area (Å²) >= 11 is 0. The highest BCUT2D eigenvalue weighted by Crippen LogP contribution is 2.35. The largest absolute Gasteiger partial charge is 0.496 e. The third kappa shape index (κ3) is 4.01. The third-order valence-corrected chi connectivity index (χ3v) is 3.34. The second-order valence-corrected chi connectivity index (χ2v) is 4.88. The molecule has 0 aliphatic heterocycles. The Bertz CT molecular complexity index is 464. The highest BCUT2D eigenvalue weighted by Gasteiger charge is 2.23. The van der Waals surface area contributed by atoms with Gasteiger partial charge in [-0.25, -0.2) is 0 Å². The number of benzene rings is 1. The molecule has 0 radical (unpaired) electrons. The summed E-state index contributed by atoms with van der Waals surface area (Å²) in [5.74, 6) is 1.54. The van der Waals surface area contributed by atoms with Crippen molar-refractivity contribution in [1.29, 1.82) is 0 Å². The number of hydrogen-bond donors (Lipinski definition) is 1. The number of carbonyl (C=O) groups excluding carboxylic acids is 1. The Labute approximate surface area is 125 Å². The Morgan fingerprint density at radius 1 is 1.14 bits per heavy atom. The van der Waals surface area contributed by atoms with Crippen LogP contribution < -0.4 is 19.9 Å². The summed E-state index contributed by atoms with van der Waals surface area (Å²) < 4.78 is 16.0. The summed E-state index contributed by atoms with van der Waals surface area (Å²) in [7, 11) is 8.15. The first kappa shape index (κ1) is 17.1. The molecule has 1 aromatic carbocycles. The van der Waals surface area contributed by atoms with Gasteiger partial charge < -0.3 is 24.8 Å². The molecule has 2 N–H and O–H groups in total. The van der Waals surface area contributed by atoms with Gasteiger partial charge in [0.05, 0.1) is 27.2 Å². The number of amides is 1. The van der Waals surface area contributed by atoms with Crippen molar-refractivity contribution in [1.82, 2.24) is 4.90 Å². The van der Waals surface area contributed by atoms with Crippen LogP contribution >= 0.6 is 0 Å². The van der Waals surface area contributed by atoms with Crippen LogP contribution in [0.25, 0.3) is 0 Å². The Hall–Kier alpha value is -1.95. The summed E-state index contributed by atoms with van der Waals surface area (Å²) in [5, 5.41) is 0. The van der Waals surface area contributed by atoms with Gasteiger partial charge in [-0.15, -0.1) is 0 Å². The van der Waals surface area contributed by atoms with Gasteiger partial charge in [-0.05, 0) is 6.42 Å². The van der Waals surface area contributed by atoms with Crippen LogP contribution in [-0.4, -0.2) is 52.8 Å². The second kappa shape index (κ2) is 7.73. The zero-order valence-corrected chi connectivity index (χ0v) is 13.3. The van der Waals surface area contributed by atoms with Crippen molar-refractivity contribution in [2.24, 2.45) is 11.7 Å². The van der Waals surface area contributed by atoms with E-state index in [2.05, 4.69) is 0 Å². The number of carbonyl (C=O) groups is 1. The van der Waals surface area contributed by atoms with Gasteiger partial charge >= 0.3 is 0 Å². The number of rotatable bonds is 7. The van der Waals surface area contributed by atoms with E-state index in [4.69, 9.17) is 19.9 Å². The van der Waals surface area contributed by atoms with Crippen LogP contribution in [-0.2, 0) is 11.2 Å². The molecule has 118 valence electrons. The summed E-state index contributed by atoms with van der Waals surface area (Å²) in [4.78, 5) is 13.7. The maximum atomic E-state index is 12.1. The summed E-state index contributed by atoms with van der Waals surface area (Å²) in [5.41, 5.74) is 6.56. The minimum atomic E-state index is -0.323. The minimum Gasteiger partial charge on any atom is -0.496 e. The highest BCUT2D eigenvalue weighted by atomic mass is 16.5. The van der Waals surface area contributed by atoms with Gasteiger partial charge in [0.15, 0.2) is 0 Å². The van der Waals surface area contributed by atoms with Crippen molar-refractivity contribution >= 4 is 5.91 Å². The summed E-state index contributed by atoms with van der Waals surface area (Å²) in [6.45, 7) is 0.259. The number of hydrogen-bond acceptors (Lipinski definition) is 5. The van der Waals surface area contributed by atoms with Gasteiger partial charge in [0.1, 0.15) is 17.2 Å². The fraction of sp³-hybridized carbons (Fsp3) is 0.533. The van der Waals surface area contributed by atoms with Crippen molar-refractivity contribution in [2.45, 2.75) is 6.42 Å². The van der Waals surface area contributed by atoms with Gasteiger partial charge in [-0.2, -0.15) is 0 Å². The van der Waals surface area contributed by atoms with E-state index in [0.29, 0.717) is 23.7 Å². The van der Waals surface area contributed by atoms with Crippen molar-refractivity contribution in [2.75, 3.05) is 42.0 Å². The first-order chi connectivity index (χ1) is 9.98. The van der Waals surface area contributed by atoms with Crippen molar-refractivity contribution < 1.29 is 19.0 Å². The van der Waals surface area contributed by atoms with Gasteiger partial charge in [-0.1, -0.05) is 0 Å². The smallest absolute Gasteiger partial charge is 0.226 e. The predicted molar refractivity (Wildman–Crippen MR) is 81.0 cm³/mol. The molecule has 1 amide bonds. The standard InChI is InChI=1S/C15H24N2O4/c1-17(2)15(18)10(9-16)6-12-13(20-4)7-11(19-3)8-14(12)21-5/h7-8,10H,6,9,16H2,1-5H3. The lowest BCUT2D eigenvalue weighted by Crippen LogP contribution is -2.35. The van der Waals surface area contributed by atoms with Crippen molar-refractivity contribution in [3.8, 4) is 17.2 Å². The molecule has 0 saturated carbocycles. The van der Waals surface area contributed by atoms with E-state index >= 15 is 0 Å². The van der Waals surface area contributed by atoms with Crippen molar-refractivity contribution in [3.63, 3.8) is 0 Å². The fourth-order valence-corrected chi connectivity index (χ4v) is 2.16. The van der Waals surface area contributed by atoms with E-state index in [-0.39, 0.29) is 18.4 Å². The fourth-order valence-electron chi connectivity index (χ4n) is 2.16. The molecule has 21 heavy (non-hydrogen) atoms. The first-order valence-corrected chi connectivity index (χ1v) is 6.68. The first-order valence-electron chi connectivity index (χ1n) is 6.68. The van der Waals surface area contributed by atoms with Gasteiger partial charge in [0, 0.05) is 38.3 Å². The molecule has 6 heteroatoms. The van der Waals surface area contributed by atoms with E-state index in [0.717, 1.165) is 5.56 Å². The molecule has 1 rings (SSSR count). The normalized spacial score (nSPS) is 11.7. The van der Waals surface area contributed by atoms with Crippen molar-refractivity contribution in [3.05, 3.63) is 17.7 Å². The summed E-state index contributed by atoms with van der Waals surface area (Å²) in [6, 6.07) is 3.54. The number of methoxy groups -OCH3 is 3. The molecule has 0 aliphatic rings. The third-order valence-electron chi connectivity index (χ3n) is 3.34. The van der Waals surface area contributed by atoms with Crippen LogP contribution in [0.1, 0.15) is 5.56 Å². The van der Waals surface area contributed by atoms with E-state index in [9.17, 15) is 4.79 Å². The topological polar surface area (TPSA) is 74.0 Å². The van der Waals surface area contributed by atoms with E-state index in [1.807, 2.05) is 0 Å². The average Bonchev–Trinajstić information content (AvgIpc) is 2.50. The molecule has 1 aromatic rings. The Kier molecular flexibility index (Phi) is 6.30. The van der Waals surface area contributed by atoms with Crippen LogP contribution in [0.5, 0.6) is 17.2 Å². The quantitative estimate of drug-likeness (QED) is 0.810. The Morgan fingerprint density at radius 2 is 1.67 bits per heavy atom. The molecule has 0 heterocycles. The molecular formula is C15H24N2O4. The maximum Gasteiger partial charge on any atom is 0.226 e. The minimum absolute atomic E-state index is 0.0163. The van der Waals surface area contributed by atoms with E-state index < -0.39 is 0 Å². The van der Waals surface area contributed by atoms with Gasteiger partial charge in [-0.3, -0.25) is 4.79 Å². The number of ether oxygens (including phenoxy) is 3. The monoisotopic (exact) mass is 296 g/mol. The molecule has 0 bridgehead atoms. The van der Waals surface area contributed by atoms with E-state index in [1.54, 1.807) is 52.5 Å². The predicted octanol–water partition coefficient (Wildman–Crippen LogP) is 0.918. The molecule has 6 nitrogen and oxygen atoms in total. The Balaban J connectivity index is 3.18. The van der Waals surface area contributed by atoms with Crippen LogP contribution in [0.15, 0.2) is 12.1 Å². The number of nitrogens with zero attached hydrogens (tertiary/aromatic N) is 1. The molecule has 1 atom stereocenters. The SMILES string of the molecule is COc1cc(OC)c(CC(CN)C(=O)N(C)C)c(OC)c1. The summed E-state index contributed by atoms with van der Waals surface area (Å²) in [6.07, 6.45) is 0.448. The lowest BCUT2D eigenvalue weighted by molar-refractivity contribution is -0.132. The highest BCUT2D eigenvalue weighted by molar-refractivity contribution is 5.79. The molecule has 0 aromatic heterocycles. The van der Waals surface area contributed by atoms with Crippen LogP contribution in [0.2, 0.25) is 0 Å². The zero-order valence-electron chi connectivity index (χ0n) is 13.3. The molecular weight excluding hydrogens is 272 g/mol. The van der Waals surface area contributed by atoms with Gasteiger partial charge in [0.25, 0.3) is 0 Å². The zero-order chi connectivity index (χ0) is 16.0. The molecule has 0 spiro atoms. The second-order valence-electron chi connectivity index (χ2n) is 4.88. The molecule has 0 fully saturated rings. The lowest BCUT2D eigenvalue weighted by Gasteiger charge is -2.21. The molecule has 0 saturated heterocycles. The van der Waals surface area contributed by atoms with E-state index in [1.165, 1.54) is 0 Å². The Morgan fingerprint density at radius 3 is 2.00 bits per heavy atom.